The maximum Gasteiger partial charge on any atom is 0.214 e. The summed E-state index contributed by atoms with van der Waals surface area (Å²) in [6.45, 7) is 0. The maximum absolute atomic E-state index is 9.12. The molecule has 0 atom stereocenters. The Bertz CT molecular complexity index is 629. The summed E-state index contributed by atoms with van der Waals surface area (Å²) < 4.78 is 2.73. The molecule has 1 saturated carbocycles. The summed E-state index contributed by atoms with van der Waals surface area (Å²) in [6.07, 6.45) is 2.26. The number of nitriles is 1. The van der Waals surface area contributed by atoms with E-state index in [4.69, 9.17) is 5.26 Å². The lowest BCUT2D eigenvalue weighted by Gasteiger charge is -2.04. The third kappa shape index (κ3) is 2.26. The van der Waals surface area contributed by atoms with Gasteiger partial charge in [0.1, 0.15) is 6.07 Å². The molecule has 1 heterocycles. The SMILES string of the molecule is N#Cc1cc(Br)ccc1Sc1nnnn1C1CC1. The molecule has 5 nitrogen and oxygen atoms in total. The molecule has 90 valence electrons. The van der Waals surface area contributed by atoms with Crippen LogP contribution in [0.3, 0.4) is 0 Å². The molecule has 7 heteroatoms. The van der Waals surface area contributed by atoms with Crippen molar-refractivity contribution < 1.29 is 0 Å². The molecule has 0 aliphatic heterocycles. The first kappa shape index (κ1) is 11.7. The fraction of sp³-hybridized carbons (Fsp3) is 0.273. The van der Waals surface area contributed by atoms with Crippen LogP contribution in [-0.2, 0) is 0 Å². The van der Waals surface area contributed by atoms with Crippen molar-refractivity contribution in [1.29, 1.82) is 5.26 Å². The lowest BCUT2D eigenvalue weighted by atomic mass is 10.2. The average molecular weight is 322 g/mol. The minimum atomic E-state index is 0.434. The van der Waals surface area contributed by atoms with E-state index in [2.05, 4.69) is 37.5 Å². The minimum Gasteiger partial charge on any atom is -0.217 e. The van der Waals surface area contributed by atoms with Crippen molar-refractivity contribution in [1.82, 2.24) is 20.2 Å². The third-order valence-corrected chi connectivity index (χ3v) is 4.14. The Hall–Kier alpha value is -1.39. The fourth-order valence-electron chi connectivity index (χ4n) is 1.58. The highest BCUT2D eigenvalue weighted by Gasteiger charge is 2.28. The lowest BCUT2D eigenvalue weighted by molar-refractivity contribution is 0.565. The third-order valence-electron chi connectivity index (χ3n) is 2.62. The van der Waals surface area contributed by atoms with Gasteiger partial charge >= 0.3 is 0 Å². The first-order valence-corrected chi connectivity index (χ1v) is 7.04. The Labute approximate surface area is 116 Å². The van der Waals surface area contributed by atoms with E-state index >= 15 is 0 Å². The van der Waals surface area contributed by atoms with Gasteiger partial charge in [0.25, 0.3) is 0 Å². The van der Waals surface area contributed by atoms with Crippen LogP contribution in [0.1, 0.15) is 24.4 Å². The van der Waals surface area contributed by atoms with Crippen molar-refractivity contribution in [3.63, 3.8) is 0 Å². The molecular weight excluding hydrogens is 314 g/mol. The molecule has 0 amide bonds. The van der Waals surface area contributed by atoms with Crippen LogP contribution < -0.4 is 0 Å². The molecule has 1 aliphatic carbocycles. The summed E-state index contributed by atoms with van der Waals surface area (Å²) in [5.41, 5.74) is 0.625. The van der Waals surface area contributed by atoms with Crippen LogP contribution in [0, 0.1) is 11.3 Å². The Kier molecular flexibility index (Phi) is 3.06. The molecule has 0 spiro atoms. The van der Waals surface area contributed by atoms with Crippen molar-refractivity contribution >= 4 is 27.7 Å². The van der Waals surface area contributed by atoms with Crippen molar-refractivity contribution in [3.8, 4) is 6.07 Å². The number of rotatable bonds is 3. The predicted molar refractivity (Wildman–Crippen MR) is 69.1 cm³/mol. The molecule has 1 aliphatic rings. The van der Waals surface area contributed by atoms with Gasteiger partial charge in [-0.25, -0.2) is 4.68 Å². The Morgan fingerprint density at radius 2 is 2.28 bits per heavy atom. The quantitative estimate of drug-likeness (QED) is 0.869. The molecule has 1 fully saturated rings. The van der Waals surface area contributed by atoms with E-state index in [1.54, 1.807) is 6.07 Å². The van der Waals surface area contributed by atoms with Gasteiger partial charge in [0.05, 0.1) is 11.6 Å². The molecule has 3 rings (SSSR count). The molecule has 0 saturated heterocycles. The standard InChI is InChI=1S/C11H8BrN5S/c12-8-1-4-10(7(5-8)6-13)18-11-14-15-16-17(11)9-2-3-9/h1,4-5,9H,2-3H2. The van der Waals surface area contributed by atoms with Crippen molar-refractivity contribution in [3.05, 3.63) is 28.2 Å². The number of aromatic nitrogens is 4. The summed E-state index contributed by atoms with van der Waals surface area (Å²) in [7, 11) is 0. The number of hydrogen-bond donors (Lipinski definition) is 0. The highest BCUT2D eigenvalue weighted by atomic mass is 79.9. The Balaban J connectivity index is 1.92. The maximum atomic E-state index is 9.12. The highest BCUT2D eigenvalue weighted by Crippen LogP contribution is 2.38. The summed E-state index contributed by atoms with van der Waals surface area (Å²) in [5.74, 6) is 0. The number of tetrazole rings is 1. The van der Waals surface area contributed by atoms with Gasteiger partial charge < -0.3 is 0 Å². The van der Waals surface area contributed by atoms with E-state index in [0.29, 0.717) is 11.6 Å². The van der Waals surface area contributed by atoms with Crippen LogP contribution in [-0.4, -0.2) is 20.2 Å². The van der Waals surface area contributed by atoms with E-state index in [1.807, 2.05) is 16.8 Å². The molecule has 1 aromatic carbocycles. The number of benzene rings is 1. The van der Waals surface area contributed by atoms with Gasteiger partial charge in [0, 0.05) is 9.37 Å². The minimum absolute atomic E-state index is 0.434. The molecule has 0 N–H and O–H groups in total. The molecule has 0 radical (unpaired) electrons. The fourth-order valence-corrected chi connectivity index (χ4v) is 2.84. The Morgan fingerprint density at radius 1 is 1.44 bits per heavy atom. The van der Waals surface area contributed by atoms with Crippen molar-refractivity contribution in [2.45, 2.75) is 28.9 Å². The molecule has 1 aromatic heterocycles. The van der Waals surface area contributed by atoms with Gasteiger partial charge in [-0.05, 0) is 53.2 Å². The van der Waals surface area contributed by atoms with E-state index in [1.165, 1.54) is 11.8 Å². The molecule has 0 bridgehead atoms. The molecule has 18 heavy (non-hydrogen) atoms. The first-order valence-electron chi connectivity index (χ1n) is 5.43. The number of nitrogens with zero attached hydrogens (tertiary/aromatic N) is 5. The Morgan fingerprint density at radius 3 is 3.00 bits per heavy atom. The van der Waals surface area contributed by atoms with Crippen LogP contribution in [0.4, 0.5) is 0 Å². The molecule has 2 aromatic rings. The van der Waals surface area contributed by atoms with Gasteiger partial charge in [-0.3, -0.25) is 0 Å². The zero-order valence-electron chi connectivity index (χ0n) is 9.25. The van der Waals surface area contributed by atoms with Crippen molar-refractivity contribution in [2.75, 3.05) is 0 Å². The largest absolute Gasteiger partial charge is 0.217 e. The highest BCUT2D eigenvalue weighted by molar-refractivity contribution is 9.10. The number of hydrogen-bond acceptors (Lipinski definition) is 5. The van der Waals surface area contributed by atoms with Crippen molar-refractivity contribution in [2.24, 2.45) is 0 Å². The van der Waals surface area contributed by atoms with Gasteiger partial charge in [-0.15, -0.1) is 5.10 Å². The molecule has 0 unspecified atom stereocenters. The van der Waals surface area contributed by atoms with Crippen LogP contribution in [0.5, 0.6) is 0 Å². The van der Waals surface area contributed by atoms with E-state index in [-0.39, 0.29) is 0 Å². The smallest absolute Gasteiger partial charge is 0.214 e. The van der Waals surface area contributed by atoms with Crippen LogP contribution in [0.15, 0.2) is 32.7 Å². The summed E-state index contributed by atoms with van der Waals surface area (Å²) in [5, 5.41) is 21.6. The normalized spacial score (nSPS) is 14.4. The monoisotopic (exact) mass is 321 g/mol. The topological polar surface area (TPSA) is 67.4 Å². The summed E-state index contributed by atoms with van der Waals surface area (Å²) >= 11 is 4.79. The summed E-state index contributed by atoms with van der Waals surface area (Å²) in [6, 6.07) is 8.23. The van der Waals surface area contributed by atoms with E-state index < -0.39 is 0 Å². The predicted octanol–water partition coefficient (Wildman–Crippen LogP) is 2.79. The van der Waals surface area contributed by atoms with Gasteiger partial charge in [-0.1, -0.05) is 15.9 Å². The van der Waals surface area contributed by atoms with Gasteiger partial charge in [0.15, 0.2) is 0 Å². The van der Waals surface area contributed by atoms with Gasteiger partial charge in [0.2, 0.25) is 5.16 Å². The zero-order valence-corrected chi connectivity index (χ0v) is 11.6. The van der Waals surface area contributed by atoms with Gasteiger partial charge in [-0.2, -0.15) is 5.26 Å². The number of halogens is 1. The van der Waals surface area contributed by atoms with Crippen LogP contribution >= 0.6 is 27.7 Å². The van der Waals surface area contributed by atoms with E-state index in [9.17, 15) is 0 Å². The average Bonchev–Trinajstić information content (AvgIpc) is 3.12. The first-order chi connectivity index (χ1) is 8.78. The second-order valence-electron chi connectivity index (χ2n) is 3.99. The second-order valence-corrected chi connectivity index (χ2v) is 5.92. The molecular formula is C11H8BrN5S. The zero-order chi connectivity index (χ0) is 12.5. The lowest BCUT2D eigenvalue weighted by Crippen LogP contribution is -1.98. The van der Waals surface area contributed by atoms with E-state index in [0.717, 1.165) is 27.4 Å². The second kappa shape index (κ2) is 4.71. The van der Waals surface area contributed by atoms with Crippen LogP contribution in [0.25, 0.3) is 0 Å². The summed E-state index contributed by atoms with van der Waals surface area (Å²) in [4.78, 5) is 0.873. The van der Waals surface area contributed by atoms with Crippen LogP contribution in [0.2, 0.25) is 0 Å².